The molecule has 2 aliphatic heterocycles. The maximum Gasteiger partial charge on any atom is 0.223 e. The van der Waals surface area contributed by atoms with Crippen molar-refractivity contribution in [2.45, 2.75) is 25.7 Å². The number of benzene rings is 2. The lowest BCUT2D eigenvalue weighted by molar-refractivity contribution is -0.117. The number of amidine groups is 1. The molecule has 1 amide bonds. The van der Waals surface area contributed by atoms with Crippen molar-refractivity contribution in [1.82, 2.24) is 15.1 Å². The molecular weight excluding hydrogens is 529 g/mol. The van der Waals surface area contributed by atoms with Gasteiger partial charge in [-0.3, -0.25) is 9.89 Å². The number of aromatic amines is 1. The molecule has 5 rings (SSSR count). The largest absolute Gasteiger partial charge is 0.493 e. The van der Waals surface area contributed by atoms with E-state index in [0.29, 0.717) is 53.7 Å². The summed E-state index contributed by atoms with van der Waals surface area (Å²) < 4.78 is 26.0. The maximum absolute atomic E-state index is 14.2. The Morgan fingerprint density at radius 1 is 1.22 bits per heavy atom. The molecule has 0 saturated carbocycles. The summed E-state index contributed by atoms with van der Waals surface area (Å²) in [7, 11) is 1.58. The van der Waals surface area contributed by atoms with Crippen LogP contribution in [0.2, 0.25) is 0 Å². The zero-order chi connectivity index (χ0) is 28.8. The number of ether oxygens (including phenoxy) is 2. The number of aromatic nitrogens is 2. The van der Waals surface area contributed by atoms with E-state index in [1.807, 2.05) is 17.0 Å². The van der Waals surface area contributed by atoms with Crippen molar-refractivity contribution in [2.75, 3.05) is 56.8 Å². The number of aliphatic hydroxyl groups excluding tert-OH is 1. The number of fused-ring (bicyclic) bond motifs is 1. The summed E-state index contributed by atoms with van der Waals surface area (Å²) in [6.07, 6.45) is 2.94. The SMILES string of the molecule is COc1cc2c(cc1OCCCN1CCC(CO)CC1)NCN(c1cccc(F)c1)C2=Nc1cc(CC(N)=O)[nH]n1. The Morgan fingerprint density at radius 3 is 2.78 bits per heavy atom. The van der Waals surface area contributed by atoms with E-state index in [-0.39, 0.29) is 18.8 Å². The first-order valence-corrected chi connectivity index (χ1v) is 13.8. The second kappa shape index (κ2) is 13.0. The maximum atomic E-state index is 14.2. The van der Waals surface area contributed by atoms with Gasteiger partial charge in [-0.25, -0.2) is 9.38 Å². The van der Waals surface area contributed by atoms with Crippen LogP contribution in [-0.2, 0) is 11.2 Å². The van der Waals surface area contributed by atoms with Crippen molar-refractivity contribution in [2.24, 2.45) is 16.6 Å². The molecule has 0 bridgehead atoms. The summed E-state index contributed by atoms with van der Waals surface area (Å²) in [5, 5.41) is 19.8. The average Bonchev–Trinajstić information content (AvgIpc) is 3.41. The number of rotatable bonds is 11. The highest BCUT2D eigenvalue weighted by Crippen LogP contribution is 2.38. The smallest absolute Gasteiger partial charge is 0.223 e. The molecule has 1 aromatic heterocycles. The third kappa shape index (κ3) is 6.95. The molecule has 11 nitrogen and oxygen atoms in total. The number of H-pyrrole nitrogens is 1. The number of piperidine rings is 1. The van der Waals surface area contributed by atoms with Crippen LogP contribution in [-0.4, -0.2) is 78.6 Å². The second-order valence-electron chi connectivity index (χ2n) is 10.3. The van der Waals surface area contributed by atoms with E-state index in [2.05, 4.69) is 20.4 Å². The molecule has 12 heteroatoms. The van der Waals surface area contributed by atoms with Crippen molar-refractivity contribution >= 4 is 28.9 Å². The number of halogens is 1. The molecule has 3 heterocycles. The van der Waals surface area contributed by atoms with Gasteiger partial charge in [-0.15, -0.1) is 0 Å². The van der Waals surface area contributed by atoms with Gasteiger partial charge in [-0.2, -0.15) is 5.10 Å². The van der Waals surface area contributed by atoms with E-state index in [4.69, 9.17) is 20.2 Å². The molecule has 1 saturated heterocycles. The van der Waals surface area contributed by atoms with E-state index in [9.17, 15) is 14.3 Å². The zero-order valence-electron chi connectivity index (χ0n) is 23.1. The predicted molar refractivity (Wildman–Crippen MR) is 154 cm³/mol. The molecule has 0 atom stereocenters. The first-order chi connectivity index (χ1) is 19.9. The van der Waals surface area contributed by atoms with Gasteiger partial charge in [0.2, 0.25) is 5.91 Å². The minimum absolute atomic E-state index is 0.0130. The summed E-state index contributed by atoms with van der Waals surface area (Å²) in [6, 6.07) is 11.7. The number of hydrogen-bond acceptors (Lipinski definition) is 8. The van der Waals surface area contributed by atoms with E-state index in [1.54, 1.807) is 25.3 Å². The molecule has 0 spiro atoms. The lowest BCUT2D eigenvalue weighted by Crippen LogP contribution is -2.40. The highest BCUT2D eigenvalue weighted by atomic mass is 19.1. The van der Waals surface area contributed by atoms with Crippen LogP contribution in [0.1, 0.15) is 30.5 Å². The van der Waals surface area contributed by atoms with Gasteiger partial charge < -0.3 is 35.4 Å². The lowest BCUT2D eigenvalue weighted by atomic mass is 9.98. The highest BCUT2D eigenvalue weighted by Gasteiger charge is 2.27. The third-order valence-corrected chi connectivity index (χ3v) is 7.39. The van der Waals surface area contributed by atoms with E-state index in [0.717, 1.165) is 50.1 Å². The number of nitrogens with zero attached hydrogens (tertiary/aromatic N) is 4. The number of nitrogens with one attached hydrogen (secondary N) is 2. The fourth-order valence-electron chi connectivity index (χ4n) is 5.18. The molecule has 5 N–H and O–H groups in total. The fourth-order valence-corrected chi connectivity index (χ4v) is 5.18. The molecule has 3 aromatic rings. The Balaban J connectivity index is 1.37. The molecule has 41 heavy (non-hydrogen) atoms. The second-order valence-corrected chi connectivity index (χ2v) is 10.3. The normalized spacial score (nSPS) is 16.9. The predicted octanol–water partition coefficient (Wildman–Crippen LogP) is 3.03. The Bertz CT molecular complexity index is 1390. The minimum atomic E-state index is -0.481. The lowest BCUT2D eigenvalue weighted by Gasteiger charge is -2.33. The Kier molecular flexibility index (Phi) is 9.00. The number of nitrogens with two attached hydrogens (primary N) is 1. The number of primary amides is 1. The van der Waals surface area contributed by atoms with Gasteiger partial charge in [0.05, 0.1) is 32.5 Å². The van der Waals surface area contributed by atoms with Gasteiger partial charge in [0.25, 0.3) is 0 Å². The third-order valence-electron chi connectivity index (χ3n) is 7.39. The Morgan fingerprint density at radius 2 is 2.05 bits per heavy atom. The molecule has 1 fully saturated rings. The van der Waals surface area contributed by atoms with Gasteiger partial charge >= 0.3 is 0 Å². The van der Waals surface area contributed by atoms with Crippen LogP contribution >= 0.6 is 0 Å². The topological polar surface area (TPSA) is 141 Å². The van der Waals surface area contributed by atoms with Crippen LogP contribution in [0.25, 0.3) is 0 Å². The van der Waals surface area contributed by atoms with E-state index in [1.165, 1.54) is 12.1 Å². The van der Waals surface area contributed by atoms with Gasteiger partial charge in [0.1, 0.15) is 11.7 Å². The number of aliphatic hydroxyl groups is 1. The molecule has 2 aliphatic rings. The fraction of sp³-hybridized carbons (Fsp3) is 0.414. The van der Waals surface area contributed by atoms with E-state index >= 15 is 0 Å². The summed E-state index contributed by atoms with van der Waals surface area (Å²) in [5.74, 6) is 1.61. The molecule has 2 aromatic carbocycles. The van der Waals surface area contributed by atoms with Crippen molar-refractivity contribution in [3.05, 3.63) is 59.5 Å². The van der Waals surface area contributed by atoms with Crippen LogP contribution in [0.4, 0.5) is 21.6 Å². The number of hydrogen-bond donors (Lipinski definition) is 4. The first-order valence-electron chi connectivity index (χ1n) is 13.8. The van der Waals surface area contributed by atoms with Crippen molar-refractivity contribution in [1.29, 1.82) is 0 Å². The highest BCUT2D eigenvalue weighted by molar-refractivity contribution is 6.16. The van der Waals surface area contributed by atoms with Gasteiger partial charge in [0.15, 0.2) is 17.3 Å². The van der Waals surface area contributed by atoms with Crippen LogP contribution in [0, 0.1) is 11.7 Å². The summed E-state index contributed by atoms with van der Waals surface area (Å²) in [6.45, 7) is 4.06. The number of likely N-dealkylation sites (tertiary alicyclic amines) is 1. The molecular formula is C29H36FN7O4. The van der Waals surface area contributed by atoms with Crippen LogP contribution in [0.5, 0.6) is 11.5 Å². The molecule has 0 unspecified atom stereocenters. The summed E-state index contributed by atoms with van der Waals surface area (Å²) in [5.41, 5.74) is 7.97. The van der Waals surface area contributed by atoms with Crippen molar-refractivity contribution in [3.8, 4) is 11.5 Å². The van der Waals surface area contributed by atoms with Crippen LogP contribution in [0.15, 0.2) is 47.5 Å². The van der Waals surface area contributed by atoms with Crippen molar-refractivity contribution < 1.29 is 23.8 Å². The number of aliphatic imine (C=N–C) groups is 1. The van der Waals surface area contributed by atoms with Crippen molar-refractivity contribution in [3.63, 3.8) is 0 Å². The Hall–Kier alpha value is -4.16. The Labute approximate surface area is 238 Å². The summed E-state index contributed by atoms with van der Waals surface area (Å²) >= 11 is 0. The monoisotopic (exact) mass is 565 g/mol. The van der Waals surface area contributed by atoms with Gasteiger partial charge in [0, 0.05) is 42.2 Å². The summed E-state index contributed by atoms with van der Waals surface area (Å²) in [4.78, 5) is 20.4. The number of methoxy groups -OCH3 is 1. The van der Waals surface area contributed by atoms with Gasteiger partial charge in [-0.1, -0.05) is 6.07 Å². The van der Waals surface area contributed by atoms with Gasteiger partial charge in [-0.05, 0) is 62.5 Å². The molecule has 218 valence electrons. The van der Waals surface area contributed by atoms with E-state index < -0.39 is 5.91 Å². The van der Waals surface area contributed by atoms with Crippen LogP contribution in [0.3, 0.4) is 0 Å². The number of amides is 1. The number of anilines is 2. The molecule has 0 aliphatic carbocycles. The van der Waals surface area contributed by atoms with Crippen LogP contribution < -0.4 is 25.4 Å². The standard InChI is InChI=1S/C29H36FN7O4/c1-40-25-15-23-24(16-26(25)41-11-3-8-36-9-6-19(17-38)7-10-36)32-18-37(22-5-2-4-20(30)12-22)29(23)33-28-14-21(34-35-28)13-27(31)39/h2,4-5,12,14-16,19,32,38H,3,6-11,13,17-18H2,1H3,(H2,31,39)(H,34,35). The average molecular weight is 566 g/mol. The quantitative estimate of drug-likeness (QED) is 0.260. The minimum Gasteiger partial charge on any atom is -0.493 e. The zero-order valence-corrected chi connectivity index (χ0v) is 23.1. The number of carbonyl (C=O) groups excluding carboxylic acids is 1. The molecule has 0 radical (unpaired) electrons. The number of carbonyl (C=O) groups is 1. The first kappa shape index (κ1) is 28.4.